The maximum atomic E-state index is 13.1. The van der Waals surface area contributed by atoms with E-state index in [0.717, 1.165) is 5.56 Å². The lowest BCUT2D eigenvalue weighted by Crippen LogP contribution is -2.13. The third-order valence-electron chi connectivity index (χ3n) is 2.69. The number of benzene rings is 1. The molecule has 0 unspecified atom stereocenters. The van der Waals surface area contributed by atoms with E-state index in [0.29, 0.717) is 16.8 Å². The van der Waals surface area contributed by atoms with Crippen molar-refractivity contribution < 1.29 is 9.18 Å². The van der Waals surface area contributed by atoms with Gasteiger partial charge < -0.3 is 5.32 Å². The van der Waals surface area contributed by atoms with Crippen LogP contribution in [0.3, 0.4) is 0 Å². The van der Waals surface area contributed by atoms with Crippen molar-refractivity contribution in [1.82, 2.24) is 4.98 Å². The fourth-order valence-electron chi connectivity index (χ4n) is 1.59. The molecule has 1 aromatic carbocycles. The van der Waals surface area contributed by atoms with E-state index in [1.807, 2.05) is 6.92 Å². The Morgan fingerprint density at radius 1 is 1.22 bits per heavy atom. The van der Waals surface area contributed by atoms with Crippen LogP contribution in [0, 0.1) is 19.7 Å². The van der Waals surface area contributed by atoms with Gasteiger partial charge in [0.1, 0.15) is 5.82 Å². The molecular weight excluding hydrogens is 231 g/mol. The highest BCUT2D eigenvalue weighted by atomic mass is 19.1. The van der Waals surface area contributed by atoms with Gasteiger partial charge >= 0.3 is 0 Å². The molecule has 1 N–H and O–H groups in total. The molecule has 1 aromatic heterocycles. The summed E-state index contributed by atoms with van der Waals surface area (Å²) in [4.78, 5) is 15.9. The molecule has 0 saturated carbocycles. The first kappa shape index (κ1) is 12.2. The summed E-state index contributed by atoms with van der Waals surface area (Å²) >= 11 is 0. The van der Waals surface area contributed by atoms with Gasteiger partial charge in [-0.05, 0) is 49.2 Å². The molecule has 0 radical (unpaired) electrons. The van der Waals surface area contributed by atoms with Crippen molar-refractivity contribution in [2.75, 3.05) is 5.32 Å². The zero-order valence-electron chi connectivity index (χ0n) is 10.2. The van der Waals surface area contributed by atoms with Crippen LogP contribution < -0.4 is 5.32 Å². The Labute approximate surface area is 105 Å². The Morgan fingerprint density at radius 2 is 2.00 bits per heavy atom. The topological polar surface area (TPSA) is 42.0 Å². The van der Waals surface area contributed by atoms with Crippen LogP contribution in [0.4, 0.5) is 10.1 Å². The van der Waals surface area contributed by atoms with Gasteiger partial charge in [0.25, 0.3) is 5.91 Å². The number of nitrogens with one attached hydrogen (secondary N) is 1. The van der Waals surface area contributed by atoms with Crippen LogP contribution in [-0.2, 0) is 0 Å². The Hall–Kier alpha value is -2.23. The van der Waals surface area contributed by atoms with E-state index in [4.69, 9.17) is 0 Å². The van der Waals surface area contributed by atoms with E-state index in [9.17, 15) is 9.18 Å². The van der Waals surface area contributed by atoms with Gasteiger partial charge in [-0.1, -0.05) is 0 Å². The SMILES string of the molecule is Cc1cc(C(=O)Nc2ccncc2C)ccc1F. The van der Waals surface area contributed by atoms with Crippen molar-refractivity contribution in [2.45, 2.75) is 13.8 Å². The molecular formula is C14H13FN2O. The minimum Gasteiger partial charge on any atom is -0.322 e. The van der Waals surface area contributed by atoms with Crippen LogP contribution in [0.15, 0.2) is 36.7 Å². The standard InChI is InChI=1S/C14H13FN2O/c1-9-7-11(3-4-12(9)15)14(18)17-13-5-6-16-8-10(13)2/h3-8H,1-2H3,(H,16,17,18). The highest BCUT2D eigenvalue weighted by Crippen LogP contribution is 2.15. The number of carbonyl (C=O) groups excluding carboxylic acids is 1. The van der Waals surface area contributed by atoms with Crippen molar-refractivity contribution >= 4 is 11.6 Å². The van der Waals surface area contributed by atoms with Gasteiger partial charge in [-0.25, -0.2) is 4.39 Å². The monoisotopic (exact) mass is 244 g/mol. The number of hydrogen-bond acceptors (Lipinski definition) is 2. The van der Waals surface area contributed by atoms with Crippen LogP contribution in [0.1, 0.15) is 21.5 Å². The van der Waals surface area contributed by atoms with Gasteiger partial charge in [-0.3, -0.25) is 9.78 Å². The first-order valence-electron chi connectivity index (χ1n) is 5.56. The summed E-state index contributed by atoms with van der Waals surface area (Å²) in [7, 11) is 0. The summed E-state index contributed by atoms with van der Waals surface area (Å²) in [6.07, 6.45) is 3.28. The molecule has 0 atom stereocenters. The second-order valence-electron chi connectivity index (χ2n) is 4.11. The Morgan fingerprint density at radius 3 is 2.67 bits per heavy atom. The van der Waals surface area contributed by atoms with Gasteiger partial charge in [0.2, 0.25) is 0 Å². The molecule has 2 rings (SSSR count). The third kappa shape index (κ3) is 2.53. The number of amides is 1. The predicted octanol–water partition coefficient (Wildman–Crippen LogP) is 3.09. The lowest BCUT2D eigenvalue weighted by atomic mass is 10.1. The molecule has 1 amide bonds. The van der Waals surface area contributed by atoms with Crippen LogP contribution >= 0.6 is 0 Å². The smallest absolute Gasteiger partial charge is 0.255 e. The second-order valence-corrected chi connectivity index (χ2v) is 4.11. The van der Waals surface area contributed by atoms with Crippen LogP contribution in [0.2, 0.25) is 0 Å². The number of halogens is 1. The minimum atomic E-state index is -0.313. The van der Waals surface area contributed by atoms with Gasteiger partial charge in [-0.15, -0.1) is 0 Å². The van der Waals surface area contributed by atoms with Crippen molar-refractivity contribution in [1.29, 1.82) is 0 Å². The molecule has 2 aromatic rings. The number of anilines is 1. The summed E-state index contributed by atoms with van der Waals surface area (Å²) in [6.45, 7) is 3.49. The first-order chi connectivity index (χ1) is 8.58. The molecule has 0 fully saturated rings. The lowest BCUT2D eigenvalue weighted by molar-refractivity contribution is 0.102. The molecule has 0 aliphatic rings. The number of rotatable bonds is 2. The van der Waals surface area contributed by atoms with E-state index in [2.05, 4.69) is 10.3 Å². The number of aryl methyl sites for hydroxylation is 2. The molecule has 0 spiro atoms. The second kappa shape index (κ2) is 4.96. The van der Waals surface area contributed by atoms with Gasteiger partial charge in [-0.2, -0.15) is 0 Å². The molecule has 0 saturated heterocycles. The number of pyridine rings is 1. The van der Waals surface area contributed by atoms with Gasteiger partial charge in [0.05, 0.1) is 0 Å². The fourth-order valence-corrected chi connectivity index (χ4v) is 1.59. The van der Waals surface area contributed by atoms with E-state index < -0.39 is 0 Å². The molecule has 1 heterocycles. The summed E-state index contributed by atoms with van der Waals surface area (Å²) < 4.78 is 13.1. The number of nitrogens with zero attached hydrogens (tertiary/aromatic N) is 1. The zero-order valence-corrected chi connectivity index (χ0v) is 10.2. The van der Waals surface area contributed by atoms with Crippen molar-refractivity contribution in [3.63, 3.8) is 0 Å². The van der Waals surface area contributed by atoms with Gasteiger partial charge in [0.15, 0.2) is 0 Å². The summed E-state index contributed by atoms with van der Waals surface area (Å²) in [5.74, 6) is -0.570. The number of carbonyl (C=O) groups is 1. The molecule has 0 aliphatic heterocycles. The van der Waals surface area contributed by atoms with Crippen molar-refractivity contribution in [3.8, 4) is 0 Å². The Bertz CT molecular complexity index is 596. The quantitative estimate of drug-likeness (QED) is 0.882. The molecule has 3 nitrogen and oxygen atoms in total. The van der Waals surface area contributed by atoms with E-state index in [1.165, 1.54) is 18.2 Å². The minimum absolute atomic E-state index is 0.257. The van der Waals surface area contributed by atoms with E-state index in [1.54, 1.807) is 25.4 Å². The fraction of sp³-hybridized carbons (Fsp3) is 0.143. The highest BCUT2D eigenvalue weighted by Gasteiger charge is 2.09. The average molecular weight is 244 g/mol. The molecule has 0 aliphatic carbocycles. The van der Waals surface area contributed by atoms with Crippen LogP contribution in [-0.4, -0.2) is 10.9 Å². The average Bonchev–Trinajstić information content (AvgIpc) is 2.35. The largest absolute Gasteiger partial charge is 0.322 e. The predicted molar refractivity (Wildman–Crippen MR) is 68.1 cm³/mol. The maximum Gasteiger partial charge on any atom is 0.255 e. The first-order valence-corrected chi connectivity index (χ1v) is 5.56. The lowest BCUT2D eigenvalue weighted by Gasteiger charge is -2.08. The van der Waals surface area contributed by atoms with Crippen LogP contribution in [0.5, 0.6) is 0 Å². The normalized spacial score (nSPS) is 10.2. The molecule has 0 bridgehead atoms. The van der Waals surface area contributed by atoms with E-state index in [-0.39, 0.29) is 11.7 Å². The van der Waals surface area contributed by atoms with Crippen molar-refractivity contribution in [3.05, 3.63) is 59.2 Å². The summed E-state index contributed by atoms with van der Waals surface area (Å²) in [6, 6.07) is 6.02. The van der Waals surface area contributed by atoms with Crippen LogP contribution in [0.25, 0.3) is 0 Å². The number of aromatic nitrogens is 1. The molecule has 18 heavy (non-hydrogen) atoms. The molecule has 92 valence electrons. The maximum absolute atomic E-state index is 13.1. The number of hydrogen-bond donors (Lipinski definition) is 1. The zero-order chi connectivity index (χ0) is 13.1. The summed E-state index contributed by atoms with van der Waals surface area (Å²) in [5, 5.41) is 2.77. The summed E-state index contributed by atoms with van der Waals surface area (Å²) in [5.41, 5.74) is 2.47. The van der Waals surface area contributed by atoms with Gasteiger partial charge in [0, 0.05) is 23.6 Å². The van der Waals surface area contributed by atoms with Crippen molar-refractivity contribution in [2.24, 2.45) is 0 Å². The third-order valence-corrected chi connectivity index (χ3v) is 2.69. The Kier molecular flexibility index (Phi) is 3.37. The highest BCUT2D eigenvalue weighted by molar-refractivity contribution is 6.04. The Balaban J connectivity index is 2.22. The molecule has 4 heteroatoms. The van der Waals surface area contributed by atoms with E-state index >= 15 is 0 Å².